The second-order valence-electron chi connectivity index (χ2n) is 3.68. The fourth-order valence-electron chi connectivity index (χ4n) is 1.56. The molecule has 0 saturated carbocycles. The Balaban J connectivity index is 2.46. The van der Waals surface area contributed by atoms with E-state index in [1.165, 1.54) is 18.3 Å². The summed E-state index contributed by atoms with van der Waals surface area (Å²) in [6.45, 7) is 0. The second-order valence-corrected chi connectivity index (χ2v) is 4.91. The Kier molecular flexibility index (Phi) is 3.94. The van der Waals surface area contributed by atoms with Crippen molar-refractivity contribution in [3.63, 3.8) is 0 Å². The standard InChI is InChI=1S/C12H8BrClF2N2/c13-9-2-1-8(11(16)10(9)14)12(17)6-3-7(15)5-18-4-6/h1-5,12H,17H2. The van der Waals surface area contributed by atoms with E-state index in [4.69, 9.17) is 17.3 Å². The maximum Gasteiger partial charge on any atom is 0.148 e. The number of hydrogen-bond acceptors (Lipinski definition) is 2. The van der Waals surface area contributed by atoms with Crippen LogP contribution in [0.1, 0.15) is 17.2 Å². The summed E-state index contributed by atoms with van der Waals surface area (Å²) in [5.74, 6) is -1.14. The first-order chi connectivity index (χ1) is 8.50. The summed E-state index contributed by atoms with van der Waals surface area (Å²) in [5.41, 5.74) is 6.46. The third-order valence-corrected chi connectivity index (χ3v) is 3.74. The number of nitrogens with zero attached hydrogens (tertiary/aromatic N) is 1. The monoisotopic (exact) mass is 332 g/mol. The maximum absolute atomic E-state index is 13.9. The van der Waals surface area contributed by atoms with Crippen LogP contribution in [0.2, 0.25) is 5.02 Å². The van der Waals surface area contributed by atoms with E-state index in [1.54, 1.807) is 6.07 Å². The summed E-state index contributed by atoms with van der Waals surface area (Å²) < 4.78 is 27.4. The van der Waals surface area contributed by atoms with Crippen LogP contribution in [0, 0.1) is 11.6 Å². The van der Waals surface area contributed by atoms with E-state index in [-0.39, 0.29) is 10.6 Å². The third-order valence-electron chi connectivity index (χ3n) is 2.49. The summed E-state index contributed by atoms with van der Waals surface area (Å²) in [6.07, 6.45) is 2.45. The molecule has 6 heteroatoms. The quantitative estimate of drug-likeness (QED) is 0.849. The zero-order valence-corrected chi connectivity index (χ0v) is 11.3. The number of aromatic nitrogens is 1. The number of nitrogens with two attached hydrogens (primary N) is 1. The lowest BCUT2D eigenvalue weighted by atomic mass is 10.0. The van der Waals surface area contributed by atoms with Crippen LogP contribution in [0.3, 0.4) is 0 Å². The van der Waals surface area contributed by atoms with E-state index >= 15 is 0 Å². The van der Waals surface area contributed by atoms with Crippen molar-refractivity contribution in [2.45, 2.75) is 6.04 Å². The Bertz CT molecular complexity index is 592. The van der Waals surface area contributed by atoms with Crippen LogP contribution in [-0.4, -0.2) is 4.98 Å². The molecule has 2 nitrogen and oxygen atoms in total. The minimum atomic E-state index is -0.821. The molecule has 0 aliphatic carbocycles. The molecule has 0 bridgehead atoms. The molecule has 0 amide bonds. The van der Waals surface area contributed by atoms with Crippen LogP contribution < -0.4 is 5.73 Å². The van der Waals surface area contributed by atoms with Gasteiger partial charge in [-0.3, -0.25) is 4.98 Å². The molecule has 94 valence electrons. The van der Waals surface area contributed by atoms with Gasteiger partial charge in [0.05, 0.1) is 17.3 Å². The predicted octanol–water partition coefficient (Wildman–Crippen LogP) is 3.82. The number of pyridine rings is 1. The summed E-state index contributed by atoms with van der Waals surface area (Å²) in [7, 11) is 0. The molecular weight excluding hydrogens is 325 g/mol. The number of halogens is 4. The van der Waals surface area contributed by atoms with Crippen LogP contribution in [0.15, 0.2) is 35.1 Å². The van der Waals surface area contributed by atoms with Crippen LogP contribution in [-0.2, 0) is 0 Å². The number of rotatable bonds is 2. The molecule has 0 aliphatic rings. The molecule has 1 unspecified atom stereocenters. The van der Waals surface area contributed by atoms with Gasteiger partial charge in [0.1, 0.15) is 11.6 Å². The first-order valence-electron chi connectivity index (χ1n) is 5.00. The molecule has 1 atom stereocenters. The van der Waals surface area contributed by atoms with Crippen molar-refractivity contribution in [2.75, 3.05) is 0 Å². The molecule has 2 N–H and O–H groups in total. The Morgan fingerprint density at radius 3 is 2.67 bits per heavy atom. The van der Waals surface area contributed by atoms with Crippen molar-refractivity contribution in [3.8, 4) is 0 Å². The average molecular weight is 334 g/mol. The smallest absolute Gasteiger partial charge is 0.148 e. The largest absolute Gasteiger partial charge is 0.320 e. The van der Waals surface area contributed by atoms with Gasteiger partial charge in [-0.15, -0.1) is 0 Å². The Morgan fingerprint density at radius 2 is 2.00 bits per heavy atom. The Hall–Kier alpha value is -1.04. The van der Waals surface area contributed by atoms with Gasteiger partial charge in [-0.25, -0.2) is 8.78 Å². The molecule has 0 fully saturated rings. The van der Waals surface area contributed by atoms with E-state index < -0.39 is 17.7 Å². The zero-order chi connectivity index (χ0) is 13.3. The van der Waals surface area contributed by atoms with Crippen LogP contribution in [0.5, 0.6) is 0 Å². The van der Waals surface area contributed by atoms with E-state index in [0.29, 0.717) is 10.0 Å². The highest BCUT2D eigenvalue weighted by Crippen LogP contribution is 2.31. The fraction of sp³-hybridized carbons (Fsp3) is 0.0833. The predicted molar refractivity (Wildman–Crippen MR) is 69.3 cm³/mol. The SMILES string of the molecule is NC(c1cncc(F)c1)c1ccc(Br)c(Cl)c1F. The van der Waals surface area contributed by atoms with E-state index in [2.05, 4.69) is 20.9 Å². The second kappa shape index (κ2) is 5.30. The topological polar surface area (TPSA) is 38.9 Å². The highest BCUT2D eigenvalue weighted by molar-refractivity contribution is 9.10. The van der Waals surface area contributed by atoms with Gasteiger partial charge in [0.2, 0.25) is 0 Å². The molecule has 0 aliphatic heterocycles. The van der Waals surface area contributed by atoms with Crippen molar-refractivity contribution in [1.82, 2.24) is 4.98 Å². The van der Waals surface area contributed by atoms with E-state index in [1.807, 2.05) is 0 Å². The molecule has 2 aromatic rings. The van der Waals surface area contributed by atoms with Gasteiger partial charge in [-0.1, -0.05) is 17.7 Å². The number of hydrogen-bond donors (Lipinski definition) is 1. The highest BCUT2D eigenvalue weighted by atomic mass is 79.9. The zero-order valence-electron chi connectivity index (χ0n) is 9.00. The van der Waals surface area contributed by atoms with Gasteiger partial charge in [-0.05, 0) is 33.6 Å². The number of benzene rings is 1. The molecular formula is C12H8BrClF2N2. The summed E-state index contributed by atoms with van der Waals surface area (Å²) in [5, 5.41) is -0.0488. The van der Waals surface area contributed by atoms with Crippen molar-refractivity contribution >= 4 is 27.5 Å². The molecule has 0 radical (unpaired) electrons. The van der Waals surface area contributed by atoms with Gasteiger partial charge in [0.25, 0.3) is 0 Å². The first kappa shape index (κ1) is 13.4. The summed E-state index contributed by atoms with van der Waals surface area (Å²) in [6, 6.07) is 3.49. The molecule has 0 spiro atoms. The van der Waals surface area contributed by atoms with Gasteiger partial charge < -0.3 is 5.73 Å². The molecule has 2 rings (SSSR count). The lowest BCUT2D eigenvalue weighted by Crippen LogP contribution is -2.14. The van der Waals surface area contributed by atoms with Crippen LogP contribution >= 0.6 is 27.5 Å². The van der Waals surface area contributed by atoms with Gasteiger partial charge in [0, 0.05) is 16.2 Å². The summed E-state index contributed by atoms with van der Waals surface area (Å²) >= 11 is 8.89. The van der Waals surface area contributed by atoms with Gasteiger partial charge in [0.15, 0.2) is 0 Å². The molecule has 1 aromatic heterocycles. The summed E-state index contributed by atoms with van der Waals surface area (Å²) in [4.78, 5) is 3.68. The van der Waals surface area contributed by atoms with Crippen LogP contribution in [0.25, 0.3) is 0 Å². The lowest BCUT2D eigenvalue weighted by Gasteiger charge is -2.14. The van der Waals surface area contributed by atoms with Crippen molar-refractivity contribution < 1.29 is 8.78 Å². The fourth-order valence-corrected chi connectivity index (χ4v) is 2.04. The van der Waals surface area contributed by atoms with Crippen molar-refractivity contribution in [1.29, 1.82) is 0 Å². The molecule has 0 saturated heterocycles. The van der Waals surface area contributed by atoms with Gasteiger partial charge >= 0.3 is 0 Å². The van der Waals surface area contributed by atoms with E-state index in [9.17, 15) is 8.78 Å². The molecule has 1 heterocycles. The maximum atomic E-state index is 13.9. The first-order valence-corrected chi connectivity index (χ1v) is 6.17. The van der Waals surface area contributed by atoms with Crippen molar-refractivity contribution in [2.24, 2.45) is 5.73 Å². The Labute approximate surface area is 116 Å². The third kappa shape index (κ3) is 2.53. The minimum absolute atomic E-state index is 0.0488. The highest BCUT2D eigenvalue weighted by Gasteiger charge is 2.18. The molecule has 1 aromatic carbocycles. The van der Waals surface area contributed by atoms with Crippen LogP contribution in [0.4, 0.5) is 8.78 Å². The van der Waals surface area contributed by atoms with Crippen molar-refractivity contribution in [3.05, 3.63) is 62.8 Å². The van der Waals surface area contributed by atoms with Gasteiger partial charge in [-0.2, -0.15) is 0 Å². The average Bonchev–Trinajstić information content (AvgIpc) is 2.35. The molecule has 18 heavy (non-hydrogen) atoms. The normalized spacial score (nSPS) is 12.5. The minimum Gasteiger partial charge on any atom is -0.320 e. The Morgan fingerprint density at radius 1 is 1.28 bits per heavy atom. The van der Waals surface area contributed by atoms with E-state index in [0.717, 1.165) is 6.20 Å². The lowest BCUT2D eigenvalue weighted by molar-refractivity contribution is 0.593.